The maximum absolute atomic E-state index is 12.6. The maximum atomic E-state index is 12.6. The van der Waals surface area contributed by atoms with E-state index in [1.54, 1.807) is 24.3 Å². The Balaban J connectivity index is 1.85. The van der Waals surface area contributed by atoms with Crippen LogP contribution in [-0.4, -0.2) is 28.8 Å². The molecule has 3 rings (SSSR count). The minimum absolute atomic E-state index is 0.0869. The molecule has 0 bridgehead atoms. The first-order valence-electron chi connectivity index (χ1n) is 7.92. The molecule has 1 aromatic heterocycles. The van der Waals surface area contributed by atoms with Crippen molar-refractivity contribution < 1.29 is 8.42 Å². The first kappa shape index (κ1) is 17.8. The van der Waals surface area contributed by atoms with Crippen LogP contribution in [0.15, 0.2) is 40.8 Å². The van der Waals surface area contributed by atoms with Gasteiger partial charge in [-0.3, -0.25) is 9.36 Å². The summed E-state index contributed by atoms with van der Waals surface area (Å²) in [6.45, 7) is 2.77. The van der Waals surface area contributed by atoms with Gasteiger partial charge in [0.15, 0.2) is 0 Å². The summed E-state index contributed by atoms with van der Waals surface area (Å²) in [5.41, 5.74) is 1.67. The highest BCUT2D eigenvalue weighted by Crippen LogP contribution is 2.20. The standard InChI is InChI=1S/C17H18ClN3O3S/c1-2-20-12-19-16-11-21(9-7-14(16)17(20)22)25(23,24)10-8-13-5-3-4-6-15(13)18/h3-6,8,10,12H,2,7,9,11H2,1H3/b10-8+. The van der Waals surface area contributed by atoms with Crippen LogP contribution < -0.4 is 5.56 Å². The van der Waals surface area contributed by atoms with Crippen LogP contribution in [0.2, 0.25) is 5.02 Å². The Morgan fingerprint density at radius 1 is 1.32 bits per heavy atom. The molecule has 1 aliphatic rings. The van der Waals surface area contributed by atoms with E-state index in [-0.39, 0.29) is 18.6 Å². The summed E-state index contributed by atoms with van der Waals surface area (Å²) < 4.78 is 28.0. The van der Waals surface area contributed by atoms with Crippen LogP contribution in [-0.2, 0) is 29.5 Å². The van der Waals surface area contributed by atoms with Gasteiger partial charge in [0.25, 0.3) is 5.56 Å². The summed E-state index contributed by atoms with van der Waals surface area (Å²) in [5, 5.41) is 1.63. The number of benzene rings is 1. The van der Waals surface area contributed by atoms with Crippen molar-refractivity contribution in [2.45, 2.75) is 26.4 Å². The number of sulfonamides is 1. The molecule has 6 nitrogen and oxygen atoms in total. The predicted molar refractivity (Wildman–Crippen MR) is 97.7 cm³/mol. The summed E-state index contributed by atoms with van der Waals surface area (Å²) in [7, 11) is -3.62. The lowest BCUT2D eigenvalue weighted by atomic mass is 10.1. The van der Waals surface area contributed by atoms with Gasteiger partial charge in [-0.05, 0) is 31.1 Å². The normalized spacial score (nSPS) is 15.4. The summed E-state index contributed by atoms with van der Waals surface area (Å²) in [6.07, 6.45) is 3.31. The van der Waals surface area contributed by atoms with Crippen molar-refractivity contribution in [1.29, 1.82) is 0 Å². The van der Waals surface area contributed by atoms with Gasteiger partial charge in [-0.15, -0.1) is 0 Å². The number of halogens is 1. The van der Waals surface area contributed by atoms with Gasteiger partial charge in [-0.25, -0.2) is 13.4 Å². The summed E-state index contributed by atoms with van der Waals surface area (Å²) in [5.74, 6) is 0. The van der Waals surface area contributed by atoms with E-state index in [1.165, 1.54) is 21.3 Å². The second-order valence-corrected chi connectivity index (χ2v) is 7.94. The average Bonchev–Trinajstić information content (AvgIpc) is 2.61. The zero-order valence-electron chi connectivity index (χ0n) is 13.7. The van der Waals surface area contributed by atoms with Crippen molar-refractivity contribution in [1.82, 2.24) is 13.9 Å². The minimum atomic E-state index is -3.62. The highest BCUT2D eigenvalue weighted by atomic mass is 35.5. The molecule has 0 N–H and O–H groups in total. The lowest BCUT2D eigenvalue weighted by Crippen LogP contribution is -2.39. The molecule has 25 heavy (non-hydrogen) atoms. The molecule has 1 aliphatic heterocycles. The van der Waals surface area contributed by atoms with Crippen LogP contribution in [0.3, 0.4) is 0 Å². The Morgan fingerprint density at radius 2 is 2.08 bits per heavy atom. The van der Waals surface area contributed by atoms with Crippen LogP contribution in [0.4, 0.5) is 0 Å². The number of rotatable bonds is 4. The number of nitrogens with zero attached hydrogens (tertiary/aromatic N) is 3. The lowest BCUT2D eigenvalue weighted by molar-refractivity contribution is 0.386. The van der Waals surface area contributed by atoms with Gasteiger partial charge in [0.05, 0.1) is 18.6 Å². The van der Waals surface area contributed by atoms with E-state index >= 15 is 0 Å². The molecule has 2 heterocycles. The van der Waals surface area contributed by atoms with E-state index in [0.717, 1.165) is 5.41 Å². The van der Waals surface area contributed by atoms with E-state index < -0.39 is 10.0 Å². The molecule has 0 saturated heterocycles. The van der Waals surface area contributed by atoms with Crippen LogP contribution in [0, 0.1) is 0 Å². The molecule has 0 unspecified atom stereocenters. The molecule has 0 radical (unpaired) electrons. The SMILES string of the molecule is CCn1cnc2c(c1=O)CCN(S(=O)(=O)/C=C/c1ccccc1Cl)C2. The number of hydrogen-bond donors (Lipinski definition) is 0. The van der Waals surface area contributed by atoms with Gasteiger partial charge in [0.1, 0.15) is 0 Å². The molecule has 132 valence electrons. The van der Waals surface area contributed by atoms with Gasteiger partial charge in [-0.1, -0.05) is 29.8 Å². The quantitative estimate of drug-likeness (QED) is 0.816. The molecule has 8 heteroatoms. The summed E-state index contributed by atoms with van der Waals surface area (Å²) in [6, 6.07) is 7.02. The molecule has 1 aromatic carbocycles. The Hall–Kier alpha value is -1.96. The fraction of sp³-hybridized carbons (Fsp3) is 0.294. The first-order valence-corrected chi connectivity index (χ1v) is 9.80. The van der Waals surface area contributed by atoms with Crippen LogP contribution >= 0.6 is 11.6 Å². The van der Waals surface area contributed by atoms with Crippen molar-refractivity contribution in [3.05, 3.63) is 68.2 Å². The smallest absolute Gasteiger partial charge is 0.256 e. The monoisotopic (exact) mass is 379 g/mol. The molecule has 2 aromatic rings. The fourth-order valence-corrected chi connectivity index (χ4v) is 4.07. The number of hydrogen-bond acceptors (Lipinski definition) is 4. The fourth-order valence-electron chi connectivity index (χ4n) is 2.73. The third kappa shape index (κ3) is 3.68. The summed E-state index contributed by atoms with van der Waals surface area (Å²) in [4.78, 5) is 16.5. The van der Waals surface area contributed by atoms with Crippen molar-refractivity contribution in [3.8, 4) is 0 Å². The highest BCUT2D eigenvalue weighted by Gasteiger charge is 2.27. The Labute approximate surface area is 151 Å². The largest absolute Gasteiger partial charge is 0.299 e. The van der Waals surface area contributed by atoms with E-state index in [4.69, 9.17) is 11.6 Å². The van der Waals surface area contributed by atoms with Crippen LogP contribution in [0.5, 0.6) is 0 Å². The van der Waals surface area contributed by atoms with Gasteiger partial charge in [0, 0.05) is 29.1 Å². The number of fused-ring (bicyclic) bond motifs is 1. The van der Waals surface area contributed by atoms with Gasteiger partial charge < -0.3 is 0 Å². The predicted octanol–water partition coefficient (Wildman–Crippen LogP) is 2.28. The Kier molecular flexibility index (Phi) is 5.08. The average molecular weight is 380 g/mol. The zero-order chi connectivity index (χ0) is 18.0. The molecule has 0 aliphatic carbocycles. The molecule has 0 saturated carbocycles. The second-order valence-electron chi connectivity index (χ2n) is 5.71. The number of aromatic nitrogens is 2. The second kappa shape index (κ2) is 7.11. The van der Waals surface area contributed by atoms with Gasteiger partial charge in [-0.2, -0.15) is 4.31 Å². The third-order valence-electron chi connectivity index (χ3n) is 4.18. The van der Waals surface area contributed by atoms with E-state index in [2.05, 4.69) is 4.98 Å². The van der Waals surface area contributed by atoms with Crippen molar-refractivity contribution >= 4 is 27.7 Å². The van der Waals surface area contributed by atoms with Crippen molar-refractivity contribution in [2.75, 3.05) is 6.54 Å². The molecular formula is C17H18ClN3O3S. The van der Waals surface area contributed by atoms with Crippen LogP contribution in [0.25, 0.3) is 6.08 Å². The zero-order valence-corrected chi connectivity index (χ0v) is 15.3. The van der Waals surface area contributed by atoms with E-state index in [0.29, 0.717) is 34.8 Å². The minimum Gasteiger partial charge on any atom is -0.299 e. The topological polar surface area (TPSA) is 72.3 Å². The van der Waals surface area contributed by atoms with Crippen molar-refractivity contribution in [3.63, 3.8) is 0 Å². The first-order chi connectivity index (χ1) is 11.9. The lowest BCUT2D eigenvalue weighted by Gasteiger charge is -2.26. The van der Waals surface area contributed by atoms with E-state index in [1.807, 2.05) is 6.92 Å². The Bertz CT molecular complexity index is 983. The molecule has 0 amide bonds. The summed E-state index contributed by atoms with van der Waals surface area (Å²) >= 11 is 6.05. The Morgan fingerprint density at radius 3 is 2.80 bits per heavy atom. The van der Waals surface area contributed by atoms with Crippen LogP contribution in [0.1, 0.15) is 23.7 Å². The molecule has 0 spiro atoms. The molecule has 0 atom stereocenters. The van der Waals surface area contributed by atoms with Crippen molar-refractivity contribution in [2.24, 2.45) is 0 Å². The maximum Gasteiger partial charge on any atom is 0.256 e. The third-order valence-corrected chi connectivity index (χ3v) is 6.04. The number of aryl methyl sites for hydroxylation is 1. The highest BCUT2D eigenvalue weighted by molar-refractivity contribution is 7.92. The van der Waals surface area contributed by atoms with Gasteiger partial charge >= 0.3 is 0 Å². The molecular weight excluding hydrogens is 362 g/mol. The van der Waals surface area contributed by atoms with Gasteiger partial charge in [0.2, 0.25) is 10.0 Å². The van der Waals surface area contributed by atoms with E-state index in [9.17, 15) is 13.2 Å². The molecule has 0 fully saturated rings.